The van der Waals surface area contributed by atoms with Crippen LogP contribution in [0.5, 0.6) is 0 Å². The molecule has 0 aromatic rings. The molecule has 0 radical (unpaired) electrons. The first-order valence-electron chi connectivity index (χ1n) is 13.2. The largest absolute Gasteiger partial charge is 0.374 e. The molecule has 0 saturated heterocycles. The monoisotopic (exact) mass is 410 g/mol. The standard InChI is InChI=1S/C13H28.C10H18O.C5H12/c1-5-9-12-13(8-4,10-6-2)11-7-3;1-3-5-6-11-10-7-9(4-2)8-10;1-3-5-4-2/h5-12H2,1-4H3;3,5,9-10H,4,6-8H2,1-2H3;3-5H2,1-2H3. The van der Waals surface area contributed by atoms with Gasteiger partial charge in [0.1, 0.15) is 0 Å². The van der Waals surface area contributed by atoms with Gasteiger partial charge >= 0.3 is 0 Å². The van der Waals surface area contributed by atoms with Gasteiger partial charge in [-0.1, -0.05) is 118 Å². The Morgan fingerprint density at radius 1 is 0.759 bits per heavy atom. The molecular weight excluding hydrogens is 352 g/mol. The molecule has 0 atom stereocenters. The Hall–Kier alpha value is -0.300. The van der Waals surface area contributed by atoms with Gasteiger partial charge in [0.2, 0.25) is 0 Å². The SMILES string of the molecule is CC=CCOC1CC(CC)C1.CCCCC.CCCCC(CC)(CCC)CCC. The minimum absolute atomic E-state index is 0.566. The second-order valence-electron chi connectivity index (χ2n) is 9.08. The molecule has 1 fully saturated rings. The molecule has 0 unspecified atom stereocenters. The van der Waals surface area contributed by atoms with Gasteiger partial charge in [-0.3, -0.25) is 0 Å². The lowest BCUT2D eigenvalue weighted by Crippen LogP contribution is -2.30. The maximum atomic E-state index is 5.56. The molecule has 1 nitrogen and oxygen atoms in total. The molecule has 0 spiro atoms. The van der Waals surface area contributed by atoms with Crippen molar-refractivity contribution in [2.24, 2.45) is 11.3 Å². The third-order valence-electron chi connectivity index (χ3n) is 6.51. The molecule has 0 amide bonds. The summed E-state index contributed by atoms with van der Waals surface area (Å²) < 4.78 is 5.56. The minimum Gasteiger partial charge on any atom is -0.374 e. The van der Waals surface area contributed by atoms with Gasteiger partial charge < -0.3 is 4.74 Å². The Kier molecular flexibility index (Phi) is 23.8. The fraction of sp³-hybridized carbons (Fsp3) is 0.929. The van der Waals surface area contributed by atoms with E-state index in [2.05, 4.69) is 54.5 Å². The van der Waals surface area contributed by atoms with Crippen LogP contribution in [-0.2, 0) is 4.74 Å². The van der Waals surface area contributed by atoms with E-state index in [1.54, 1.807) is 0 Å². The number of ether oxygens (including phenoxy) is 1. The zero-order chi connectivity index (χ0) is 22.4. The highest BCUT2D eigenvalue weighted by atomic mass is 16.5. The molecule has 0 N–H and O–H groups in total. The van der Waals surface area contributed by atoms with Crippen LogP contribution in [0.15, 0.2) is 12.2 Å². The smallest absolute Gasteiger partial charge is 0.0651 e. The first-order chi connectivity index (χ1) is 14.0. The van der Waals surface area contributed by atoms with Gasteiger partial charge in [0.25, 0.3) is 0 Å². The maximum absolute atomic E-state index is 5.56. The molecule has 1 rings (SSSR count). The van der Waals surface area contributed by atoms with Crippen LogP contribution >= 0.6 is 0 Å². The third kappa shape index (κ3) is 17.1. The zero-order valence-corrected chi connectivity index (χ0v) is 21.8. The number of unbranched alkanes of at least 4 members (excludes halogenated alkanes) is 3. The fourth-order valence-corrected chi connectivity index (χ4v) is 4.30. The van der Waals surface area contributed by atoms with Gasteiger partial charge in [0.05, 0.1) is 12.7 Å². The summed E-state index contributed by atoms with van der Waals surface area (Å²) in [6.45, 7) is 18.8. The van der Waals surface area contributed by atoms with Crippen molar-refractivity contribution in [1.29, 1.82) is 0 Å². The molecule has 0 aliphatic heterocycles. The molecule has 1 heteroatoms. The average Bonchev–Trinajstić information content (AvgIpc) is 2.70. The van der Waals surface area contributed by atoms with E-state index in [4.69, 9.17) is 4.74 Å². The van der Waals surface area contributed by atoms with Crippen molar-refractivity contribution in [3.63, 3.8) is 0 Å². The van der Waals surface area contributed by atoms with E-state index in [1.165, 1.54) is 89.9 Å². The topological polar surface area (TPSA) is 9.23 Å². The average molecular weight is 411 g/mol. The van der Waals surface area contributed by atoms with Crippen molar-refractivity contribution in [1.82, 2.24) is 0 Å². The summed E-state index contributed by atoms with van der Waals surface area (Å²) >= 11 is 0. The zero-order valence-electron chi connectivity index (χ0n) is 21.8. The van der Waals surface area contributed by atoms with E-state index in [0.29, 0.717) is 11.5 Å². The van der Waals surface area contributed by atoms with Crippen molar-refractivity contribution >= 4 is 0 Å². The molecule has 176 valence electrons. The quantitative estimate of drug-likeness (QED) is 0.259. The molecule has 1 aliphatic rings. The summed E-state index contributed by atoms with van der Waals surface area (Å²) in [4.78, 5) is 0. The van der Waals surface area contributed by atoms with Crippen LogP contribution < -0.4 is 0 Å². The Morgan fingerprint density at radius 2 is 1.31 bits per heavy atom. The van der Waals surface area contributed by atoms with Gasteiger partial charge in [0, 0.05) is 0 Å². The number of hydrogen-bond donors (Lipinski definition) is 0. The van der Waals surface area contributed by atoms with Gasteiger partial charge in [-0.15, -0.1) is 0 Å². The molecule has 0 bridgehead atoms. The summed E-state index contributed by atoms with van der Waals surface area (Å²) in [5.74, 6) is 0.950. The first-order valence-corrected chi connectivity index (χ1v) is 13.2. The summed E-state index contributed by atoms with van der Waals surface area (Å²) in [5.41, 5.74) is 0.694. The highest BCUT2D eigenvalue weighted by molar-refractivity contribution is 4.82. The maximum Gasteiger partial charge on any atom is 0.0651 e. The molecule has 0 aromatic carbocycles. The van der Waals surface area contributed by atoms with E-state index in [-0.39, 0.29) is 0 Å². The van der Waals surface area contributed by atoms with Crippen molar-refractivity contribution in [2.45, 2.75) is 151 Å². The Balaban J connectivity index is 0. The number of rotatable bonds is 14. The predicted octanol–water partition coefficient (Wildman–Crippen LogP) is 10.1. The highest BCUT2D eigenvalue weighted by Crippen LogP contribution is 2.38. The Morgan fingerprint density at radius 3 is 1.66 bits per heavy atom. The molecule has 1 saturated carbocycles. The van der Waals surface area contributed by atoms with Crippen LogP contribution in [0.4, 0.5) is 0 Å². The summed E-state index contributed by atoms with van der Waals surface area (Å²) in [6.07, 6.45) is 23.9. The van der Waals surface area contributed by atoms with Crippen LogP contribution in [0.3, 0.4) is 0 Å². The highest BCUT2D eigenvalue weighted by Gasteiger charge is 2.27. The molecule has 1 aliphatic carbocycles. The second kappa shape index (κ2) is 22.4. The summed E-state index contributed by atoms with van der Waals surface area (Å²) in [6, 6.07) is 0. The van der Waals surface area contributed by atoms with Gasteiger partial charge in [-0.05, 0) is 50.4 Å². The van der Waals surface area contributed by atoms with E-state index in [9.17, 15) is 0 Å². The normalized spacial score (nSPS) is 18.5. The summed E-state index contributed by atoms with van der Waals surface area (Å²) in [7, 11) is 0. The number of allylic oxidation sites excluding steroid dienone is 1. The Bertz CT molecular complexity index is 319. The molecule has 0 heterocycles. The molecular formula is C28H58O. The van der Waals surface area contributed by atoms with Crippen LogP contribution in [0.25, 0.3) is 0 Å². The summed E-state index contributed by atoms with van der Waals surface area (Å²) in [5, 5.41) is 0. The van der Waals surface area contributed by atoms with Crippen LogP contribution in [-0.4, -0.2) is 12.7 Å². The lowest BCUT2D eigenvalue weighted by atomic mass is 9.73. The molecule has 0 aromatic heterocycles. The van der Waals surface area contributed by atoms with Gasteiger partial charge in [0.15, 0.2) is 0 Å². The van der Waals surface area contributed by atoms with E-state index >= 15 is 0 Å². The van der Waals surface area contributed by atoms with E-state index in [1.807, 2.05) is 13.0 Å². The lowest BCUT2D eigenvalue weighted by Gasteiger charge is -2.34. The van der Waals surface area contributed by atoms with Crippen LogP contribution in [0.2, 0.25) is 0 Å². The van der Waals surface area contributed by atoms with E-state index in [0.717, 1.165) is 12.5 Å². The number of hydrogen-bond acceptors (Lipinski definition) is 1. The molecule has 29 heavy (non-hydrogen) atoms. The van der Waals surface area contributed by atoms with Crippen molar-refractivity contribution in [3.05, 3.63) is 12.2 Å². The fourth-order valence-electron chi connectivity index (χ4n) is 4.30. The first kappa shape index (κ1) is 30.9. The van der Waals surface area contributed by atoms with Crippen LogP contribution in [0, 0.1) is 11.3 Å². The van der Waals surface area contributed by atoms with Crippen LogP contribution in [0.1, 0.15) is 145 Å². The van der Waals surface area contributed by atoms with E-state index < -0.39 is 0 Å². The van der Waals surface area contributed by atoms with Gasteiger partial charge in [-0.2, -0.15) is 0 Å². The van der Waals surface area contributed by atoms with Gasteiger partial charge in [-0.25, -0.2) is 0 Å². The lowest BCUT2D eigenvalue weighted by molar-refractivity contribution is -0.0180. The van der Waals surface area contributed by atoms with Crippen molar-refractivity contribution < 1.29 is 4.74 Å². The third-order valence-corrected chi connectivity index (χ3v) is 6.51. The predicted molar refractivity (Wildman–Crippen MR) is 135 cm³/mol. The van der Waals surface area contributed by atoms with Crippen molar-refractivity contribution in [3.8, 4) is 0 Å². The van der Waals surface area contributed by atoms with Crippen molar-refractivity contribution in [2.75, 3.05) is 6.61 Å². The second-order valence-corrected chi connectivity index (χ2v) is 9.08. The Labute approximate surface area is 186 Å². The minimum atomic E-state index is 0.566.